The summed E-state index contributed by atoms with van der Waals surface area (Å²) in [5, 5.41) is 1.22. The van der Waals surface area contributed by atoms with E-state index in [2.05, 4.69) is 15.8 Å². The van der Waals surface area contributed by atoms with E-state index in [1.54, 1.807) is 6.07 Å². The molecule has 1 aromatic carbocycles. The Bertz CT molecular complexity index is 1000. The van der Waals surface area contributed by atoms with Gasteiger partial charge in [-0.1, -0.05) is 17.7 Å². The maximum absolute atomic E-state index is 12.3. The Morgan fingerprint density at radius 2 is 2.00 bits per heavy atom. The molecule has 0 bridgehead atoms. The summed E-state index contributed by atoms with van der Waals surface area (Å²) in [7, 11) is -3.52. The molecule has 7 heteroatoms. The van der Waals surface area contributed by atoms with Crippen LogP contribution in [0.2, 0.25) is 4.34 Å². The average Bonchev–Trinajstić information content (AvgIpc) is 3.17. The van der Waals surface area contributed by atoms with Crippen LogP contribution in [0.25, 0.3) is 10.9 Å². The summed E-state index contributed by atoms with van der Waals surface area (Å²) in [4.78, 5) is 3.49. The normalized spacial score (nSPS) is 14.9. The van der Waals surface area contributed by atoms with Crippen LogP contribution < -0.4 is 4.72 Å². The summed E-state index contributed by atoms with van der Waals surface area (Å²) in [6.45, 7) is 0.272. The van der Waals surface area contributed by atoms with Crippen molar-refractivity contribution in [1.29, 1.82) is 0 Å². The van der Waals surface area contributed by atoms with Crippen molar-refractivity contribution >= 4 is 43.9 Å². The van der Waals surface area contributed by atoms with Crippen molar-refractivity contribution in [3.05, 3.63) is 51.5 Å². The molecule has 1 aliphatic rings. The Balaban J connectivity index is 1.58. The molecule has 3 aromatic rings. The largest absolute Gasteiger partial charge is 0.358 e. The van der Waals surface area contributed by atoms with Crippen LogP contribution in [0.15, 0.2) is 34.5 Å². The van der Waals surface area contributed by atoms with Crippen LogP contribution >= 0.6 is 22.9 Å². The molecule has 126 valence electrons. The van der Waals surface area contributed by atoms with Gasteiger partial charge in [0.2, 0.25) is 10.0 Å². The predicted molar refractivity (Wildman–Crippen MR) is 98.3 cm³/mol. The van der Waals surface area contributed by atoms with Crippen molar-refractivity contribution in [3.8, 4) is 0 Å². The first-order chi connectivity index (χ1) is 11.5. The Hall–Kier alpha value is -1.34. The second-order valence-electron chi connectivity index (χ2n) is 6.05. The van der Waals surface area contributed by atoms with Gasteiger partial charge in [0.25, 0.3) is 0 Å². The number of rotatable bonds is 4. The van der Waals surface area contributed by atoms with Crippen molar-refractivity contribution < 1.29 is 8.42 Å². The van der Waals surface area contributed by atoms with Crippen LogP contribution in [0.5, 0.6) is 0 Å². The molecule has 2 N–H and O–H groups in total. The maximum atomic E-state index is 12.3. The molecular weight excluding hydrogens is 364 g/mol. The molecule has 4 rings (SSSR count). The van der Waals surface area contributed by atoms with Gasteiger partial charge in [-0.2, -0.15) is 0 Å². The molecule has 0 aliphatic heterocycles. The Morgan fingerprint density at radius 3 is 2.79 bits per heavy atom. The lowest BCUT2D eigenvalue weighted by molar-refractivity contribution is 0.583. The molecule has 2 aromatic heterocycles. The van der Waals surface area contributed by atoms with Crippen LogP contribution in [0.3, 0.4) is 0 Å². The number of hydrogen-bond donors (Lipinski definition) is 2. The van der Waals surface area contributed by atoms with Gasteiger partial charge in [0.1, 0.15) is 4.21 Å². The van der Waals surface area contributed by atoms with E-state index in [-0.39, 0.29) is 10.8 Å². The fourth-order valence-electron chi connectivity index (χ4n) is 3.25. The lowest BCUT2D eigenvalue weighted by Gasteiger charge is -2.10. The number of fused-ring (bicyclic) bond motifs is 3. The number of aromatic amines is 1. The third-order valence-corrected chi connectivity index (χ3v) is 7.57. The van der Waals surface area contributed by atoms with Gasteiger partial charge in [-0.05, 0) is 61.1 Å². The Kier molecular flexibility index (Phi) is 4.16. The van der Waals surface area contributed by atoms with Crippen LogP contribution in [-0.4, -0.2) is 13.4 Å². The van der Waals surface area contributed by atoms with Crippen LogP contribution in [0.1, 0.15) is 29.7 Å². The third-order valence-electron chi connectivity index (χ3n) is 4.44. The zero-order valence-electron chi connectivity index (χ0n) is 12.9. The van der Waals surface area contributed by atoms with Gasteiger partial charge < -0.3 is 4.98 Å². The molecule has 0 atom stereocenters. The number of hydrogen-bond acceptors (Lipinski definition) is 3. The molecule has 0 fully saturated rings. The summed E-state index contributed by atoms with van der Waals surface area (Å²) in [5.74, 6) is 0. The number of nitrogens with one attached hydrogen (secondary N) is 2. The first kappa shape index (κ1) is 16.1. The Morgan fingerprint density at radius 1 is 1.17 bits per heavy atom. The third kappa shape index (κ3) is 2.99. The van der Waals surface area contributed by atoms with Crippen LogP contribution in [0, 0.1) is 0 Å². The minimum Gasteiger partial charge on any atom is -0.358 e. The number of H-pyrrole nitrogens is 1. The lowest BCUT2D eigenvalue weighted by atomic mass is 9.95. The SMILES string of the molecule is O=S(=O)(NCc1ccc2[nH]c3c(c2c1)CCCC3)c1ccc(Cl)s1. The highest BCUT2D eigenvalue weighted by Gasteiger charge is 2.18. The molecule has 1 aliphatic carbocycles. The van der Waals surface area contributed by atoms with Crippen LogP contribution in [-0.2, 0) is 29.4 Å². The van der Waals surface area contributed by atoms with Crippen molar-refractivity contribution in [3.63, 3.8) is 0 Å². The highest BCUT2D eigenvalue weighted by Crippen LogP contribution is 2.30. The van der Waals surface area contributed by atoms with E-state index in [1.807, 2.05) is 12.1 Å². The fraction of sp³-hybridized carbons (Fsp3) is 0.294. The van der Waals surface area contributed by atoms with Gasteiger partial charge in [-0.3, -0.25) is 0 Å². The molecular formula is C17H17ClN2O2S2. The molecule has 24 heavy (non-hydrogen) atoms. The summed E-state index contributed by atoms with van der Waals surface area (Å²) in [5.41, 5.74) is 4.83. The standard InChI is InChI=1S/C17H17ClN2O2S2/c18-16-7-8-17(23-16)24(21,22)19-10-11-5-6-15-13(9-11)12-3-1-2-4-14(12)20-15/h5-9,19-20H,1-4,10H2. The van der Waals surface area contributed by atoms with E-state index in [0.717, 1.165) is 35.3 Å². The number of aryl methyl sites for hydroxylation is 2. The molecule has 0 saturated carbocycles. The van der Waals surface area contributed by atoms with E-state index < -0.39 is 10.0 Å². The van der Waals surface area contributed by atoms with E-state index in [4.69, 9.17) is 11.6 Å². The minimum absolute atomic E-state index is 0.243. The van der Waals surface area contributed by atoms with Crippen molar-refractivity contribution in [2.45, 2.75) is 36.4 Å². The molecule has 0 radical (unpaired) electrons. The van der Waals surface area contributed by atoms with Gasteiger partial charge in [-0.25, -0.2) is 13.1 Å². The van der Waals surface area contributed by atoms with Gasteiger partial charge >= 0.3 is 0 Å². The van der Waals surface area contributed by atoms with Gasteiger partial charge in [0, 0.05) is 23.1 Å². The van der Waals surface area contributed by atoms with Gasteiger partial charge in [-0.15, -0.1) is 11.3 Å². The zero-order chi connectivity index (χ0) is 16.7. The number of sulfonamides is 1. The van der Waals surface area contributed by atoms with Crippen molar-refractivity contribution in [2.75, 3.05) is 0 Å². The number of halogens is 1. The first-order valence-electron chi connectivity index (χ1n) is 7.90. The van der Waals surface area contributed by atoms with Gasteiger partial charge in [0.15, 0.2) is 0 Å². The predicted octanol–water partition coefficient (Wildman–Crippen LogP) is 4.24. The van der Waals surface area contributed by atoms with Gasteiger partial charge in [0.05, 0.1) is 4.34 Å². The van der Waals surface area contributed by atoms with E-state index in [9.17, 15) is 8.42 Å². The quantitative estimate of drug-likeness (QED) is 0.711. The van der Waals surface area contributed by atoms with Crippen molar-refractivity contribution in [2.24, 2.45) is 0 Å². The summed E-state index contributed by atoms with van der Waals surface area (Å²) >= 11 is 6.89. The summed E-state index contributed by atoms with van der Waals surface area (Å²) < 4.78 is 28.0. The van der Waals surface area contributed by atoms with Crippen LogP contribution in [0.4, 0.5) is 0 Å². The molecule has 2 heterocycles. The van der Waals surface area contributed by atoms with E-state index in [1.165, 1.54) is 35.6 Å². The molecule has 0 spiro atoms. The summed E-state index contributed by atoms with van der Waals surface area (Å²) in [6.07, 6.45) is 4.65. The highest BCUT2D eigenvalue weighted by atomic mass is 35.5. The highest BCUT2D eigenvalue weighted by molar-refractivity contribution is 7.91. The monoisotopic (exact) mass is 380 g/mol. The second-order valence-corrected chi connectivity index (χ2v) is 9.76. The van der Waals surface area contributed by atoms with E-state index >= 15 is 0 Å². The van der Waals surface area contributed by atoms with Crippen molar-refractivity contribution in [1.82, 2.24) is 9.71 Å². The minimum atomic E-state index is -3.52. The molecule has 0 unspecified atom stereocenters. The number of aromatic nitrogens is 1. The zero-order valence-corrected chi connectivity index (χ0v) is 15.3. The topological polar surface area (TPSA) is 62.0 Å². The summed E-state index contributed by atoms with van der Waals surface area (Å²) in [6, 6.07) is 9.23. The molecule has 4 nitrogen and oxygen atoms in total. The average molecular weight is 381 g/mol. The number of thiophene rings is 1. The maximum Gasteiger partial charge on any atom is 0.250 e. The smallest absolute Gasteiger partial charge is 0.250 e. The number of benzene rings is 1. The fourth-order valence-corrected chi connectivity index (χ4v) is 5.80. The molecule has 0 saturated heterocycles. The molecule has 0 amide bonds. The second kappa shape index (κ2) is 6.19. The lowest BCUT2D eigenvalue weighted by Crippen LogP contribution is -2.22. The Labute approximate surface area is 149 Å². The first-order valence-corrected chi connectivity index (χ1v) is 10.6. The van der Waals surface area contributed by atoms with E-state index in [0.29, 0.717) is 4.34 Å².